The molecule has 1 aliphatic rings. The average Bonchev–Trinajstić information content (AvgIpc) is 3.12. The molecule has 1 fully saturated rings. The highest BCUT2D eigenvalue weighted by Crippen LogP contribution is 2.18. The van der Waals surface area contributed by atoms with Crippen LogP contribution in [0.15, 0.2) is 18.2 Å². The van der Waals surface area contributed by atoms with Crippen LogP contribution in [0.3, 0.4) is 0 Å². The summed E-state index contributed by atoms with van der Waals surface area (Å²) in [5.74, 6) is -0.145. The van der Waals surface area contributed by atoms with Crippen LogP contribution >= 0.6 is 0 Å². The molecule has 0 saturated carbocycles. The van der Waals surface area contributed by atoms with E-state index in [0.29, 0.717) is 17.9 Å². The molecule has 0 spiro atoms. The Morgan fingerprint density at radius 2 is 2.19 bits per heavy atom. The van der Waals surface area contributed by atoms with Crippen LogP contribution in [0, 0.1) is 0 Å². The molecule has 6 nitrogen and oxygen atoms in total. The summed E-state index contributed by atoms with van der Waals surface area (Å²) in [4.78, 5) is 14.6. The van der Waals surface area contributed by atoms with Crippen molar-refractivity contribution in [3.8, 4) is 0 Å². The number of rotatable bonds is 5. The second-order valence-electron chi connectivity index (χ2n) is 5.54. The second kappa shape index (κ2) is 6.13. The zero-order chi connectivity index (χ0) is 14.7. The first-order chi connectivity index (χ1) is 10.2. The second-order valence-corrected chi connectivity index (χ2v) is 5.54. The molecule has 1 aromatic carbocycles. The highest BCUT2D eigenvalue weighted by molar-refractivity contribution is 6.05. The van der Waals surface area contributed by atoms with Crippen LogP contribution in [0.25, 0.3) is 10.9 Å². The number of hydrogen-bond acceptors (Lipinski definition) is 4. The van der Waals surface area contributed by atoms with Crippen LogP contribution in [0.5, 0.6) is 0 Å². The van der Waals surface area contributed by atoms with Gasteiger partial charge >= 0.3 is 0 Å². The number of amides is 1. The Bertz CT molecular complexity index is 630. The van der Waals surface area contributed by atoms with Crippen molar-refractivity contribution in [1.82, 2.24) is 20.4 Å². The van der Waals surface area contributed by atoms with Crippen molar-refractivity contribution in [2.24, 2.45) is 0 Å². The Hall–Kier alpha value is -2.08. The molecule has 4 N–H and O–H groups in total. The molecule has 0 atom stereocenters. The molecule has 3 rings (SSSR count). The monoisotopic (exact) mass is 287 g/mol. The van der Waals surface area contributed by atoms with Crippen molar-refractivity contribution >= 4 is 22.5 Å². The summed E-state index contributed by atoms with van der Waals surface area (Å²) in [6.07, 6.45) is 3.57. The van der Waals surface area contributed by atoms with E-state index in [1.54, 1.807) is 12.1 Å². The Balaban J connectivity index is 1.55. The maximum Gasteiger partial charge on any atom is 0.272 e. The number of hydrogen-bond donors (Lipinski definition) is 3. The van der Waals surface area contributed by atoms with Gasteiger partial charge < -0.3 is 16.0 Å². The number of nitrogen functional groups attached to an aromatic ring is 1. The molecule has 6 heteroatoms. The Labute approximate surface area is 123 Å². The van der Waals surface area contributed by atoms with Crippen LogP contribution in [0.4, 0.5) is 5.69 Å². The highest BCUT2D eigenvalue weighted by atomic mass is 16.1. The predicted molar refractivity (Wildman–Crippen MR) is 83.1 cm³/mol. The fraction of sp³-hybridized carbons (Fsp3) is 0.467. The van der Waals surface area contributed by atoms with Gasteiger partial charge in [-0.3, -0.25) is 9.89 Å². The molecule has 1 aromatic heterocycles. The number of aromatic nitrogens is 2. The predicted octanol–water partition coefficient (Wildman–Crippen LogP) is 1.36. The minimum atomic E-state index is -0.145. The van der Waals surface area contributed by atoms with Gasteiger partial charge in [-0.1, -0.05) is 0 Å². The Morgan fingerprint density at radius 3 is 3.00 bits per heavy atom. The van der Waals surface area contributed by atoms with E-state index in [2.05, 4.69) is 20.4 Å². The summed E-state index contributed by atoms with van der Waals surface area (Å²) in [6.45, 7) is 4.11. The van der Waals surface area contributed by atoms with Gasteiger partial charge in [-0.15, -0.1) is 0 Å². The molecule has 21 heavy (non-hydrogen) atoms. The molecule has 0 radical (unpaired) electrons. The lowest BCUT2D eigenvalue weighted by Crippen LogP contribution is -2.29. The number of carbonyl (C=O) groups is 1. The molecule has 2 aromatic rings. The van der Waals surface area contributed by atoms with E-state index in [1.165, 1.54) is 25.9 Å². The third-order valence-corrected chi connectivity index (χ3v) is 3.94. The highest BCUT2D eigenvalue weighted by Gasteiger charge is 2.14. The maximum atomic E-state index is 12.2. The number of nitrogens with one attached hydrogen (secondary N) is 2. The SMILES string of the molecule is Nc1ccc2[nH]nc(C(=O)NCCCN3CCCC3)c2c1. The van der Waals surface area contributed by atoms with Crippen LogP contribution in [0.1, 0.15) is 29.8 Å². The third-order valence-electron chi connectivity index (χ3n) is 3.94. The number of likely N-dealkylation sites (tertiary alicyclic amines) is 1. The van der Waals surface area contributed by atoms with Gasteiger partial charge in [0.05, 0.1) is 5.52 Å². The van der Waals surface area contributed by atoms with Crippen LogP contribution in [-0.4, -0.2) is 47.2 Å². The summed E-state index contributed by atoms with van der Waals surface area (Å²) >= 11 is 0. The quantitative estimate of drug-likeness (QED) is 0.572. The number of carbonyl (C=O) groups excluding carboxylic acids is 1. The van der Waals surface area contributed by atoms with Gasteiger partial charge in [-0.25, -0.2) is 0 Å². The summed E-state index contributed by atoms with van der Waals surface area (Å²) in [5, 5.41) is 10.6. The molecular weight excluding hydrogens is 266 g/mol. The van der Waals surface area contributed by atoms with Crippen LogP contribution in [-0.2, 0) is 0 Å². The Morgan fingerprint density at radius 1 is 1.38 bits per heavy atom. The van der Waals surface area contributed by atoms with Gasteiger partial charge in [0.15, 0.2) is 5.69 Å². The average molecular weight is 287 g/mol. The van der Waals surface area contributed by atoms with E-state index in [1.807, 2.05) is 6.07 Å². The maximum absolute atomic E-state index is 12.2. The van der Waals surface area contributed by atoms with Crippen molar-refractivity contribution in [1.29, 1.82) is 0 Å². The van der Waals surface area contributed by atoms with E-state index in [-0.39, 0.29) is 5.91 Å². The van der Waals surface area contributed by atoms with Crippen molar-refractivity contribution < 1.29 is 4.79 Å². The smallest absolute Gasteiger partial charge is 0.272 e. The van der Waals surface area contributed by atoms with Crippen molar-refractivity contribution in [2.45, 2.75) is 19.3 Å². The molecule has 0 unspecified atom stereocenters. The molecule has 112 valence electrons. The lowest BCUT2D eigenvalue weighted by molar-refractivity contribution is 0.0948. The van der Waals surface area contributed by atoms with Gasteiger partial charge in [-0.2, -0.15) is 5.10 Å². The van der Waals surface area contributed by atoms with Gasteiger partial charge in [0.1, 0.15) is 0 Å². The third kappa shape index (κ3) is 3.16. The topological polar surface area (TPSA) is 87.0 Å². The summed E-state index contributed by atoms with van der Waals surface area (Å²) < 4.78 is 0. The summed E-state index contributed by atoms with van der Waals surface area (Å²) in [7, 11) is 0. The zero-order valence-electron chi connectivity index (χ0n) is 12.1. The van der Waals surface area contributed by atoms with Gasteiger partial charge in [0.25, 0.3) is 5.91 Å². The minimum Gasteiger partial charge on any atom is -0.399 e. The number of nitrogens with zero attached hydrogens (tertiary/aromatic N) is 2. The number of benzene rings is 1. The Kier molecular flexibility index (Phi) is 4.06. The van der Waals surface area contributed by atoms with Crippen molar-refractivity contribution in [3.05, 3.63) is 23.9 Å². The standard InChI is InChI=1S/C15H21N5O/c16-11-4-5-13-12(10-11)14(19-18-13)15(21)17-6-3-9-20-7-1-2-8-20/h4-5,10H,1-3,6-9,16H2,(H,17,21)(H,18,19). The first-order valence-corrected chi connectivity index (χ1v) is 7.48. The minimum absolute atomic E-state index is 0.145. The van der Waals surface area contributed by atoms with Crippen LogP contribution < -0.4 is 11.1 Å². The molecule has 2 heterocycles. The molecule has 1 saturated heterocycles. The van der Waals surface area contributed by atoms with E-state index >= 15 is 0 Å². The first-order valence-electron chi connectivity index (χ1n) is 7.48. The zero-order valence-corrected chi connectivity index (χ0v) is 12.1. The van der Waals surface area contributed by atoms with Gasteiger partial charge in [-0.05, 0) is 57.1 Å². The number of H-pyrrole nitrogens is 1. The van der Waals surface area contributed by atoms with E-state index in [9.17, 15) is 4.79 Å². The molecule has 1 aliphatic heterocycles. The fourth-order valence-corrected chi connectivity index (χ4v) is 2.80. The normalized spacial score (nSPS) is 15.6. The van der Waals surface area contributed by atoms with Crippen molar-refractivity contribution in [3.63, 3.8) is 0 Å². The lowest BCUT2D eigenvalue weighted by atomic mass is 10.2. The lowest BCUT2D eigenvalue weighted by Gasteiger charge is -2.14. The van der Waals surface area contributed by atoms with Crippen LogP contribution in [0.2, 0.25) is 0 Å². The fourth-order valence-electron chi connectivity index (χ4n) is 2.80. The largest absolute Gasteiger partial charge is 0.399 e. The van der Waals surface area contributed by atoms with Gasteiger partial charge in [0, 0.05) is 17.6 Å². The molecule has 0 aliphatic carbocycles. The summed E-state index contributed by atoms with van der Waals surface area (Å²) in [6, 6.07) is 5.40. The molecule has 1 amide bonds. The van der Waals surface area contributed by atoms with E-state index < -0.39 is 0 Å². The number of anilines is 1. The number of nitrogens with two attached hydrogens (primary N) is 1. The van der Waals surface area contributed by atoms with Gasteiger partial charge in [0.2, 0.25) is 0 Å². The van der Waals surface area contributed by atoms with E-state index in [0.717, 1.165) is 23.9 Å². The first kappa shape index (κ1) is 13.9. The van der Waals surface area contributed by atoms with E-state index in [4.69, 9.17) is 5.73 Å². The summed E-state index contributed by atoms with van der Waals surface area (Å²) in [5.41, 5.74) is 7.64. The molecule has 0 bridgehead atoms. The molecular formula is C15H21N5O. The number of fused-ring (bicyclic) bond motifs is 1. The number of aromatic amines is 1. The van der Waals surface area contributed by atoms with Crippen molar-refractivity contribution in [2.75, 3.05) is 31.9 Å².